The van der Waals surface area contributed by atoms with E-state index in [9.17, 15) is 24.6 Å². The van der Waals surface area contributed by atoms with Crippen molar-refractivity contribution in [2.24, 2.45) is 0 Å². The quantitative estimate of drug-likeness (QED) is 0.515. The standard InChI is InChI=1S/C20H26O9/c1-5-15(22)27-14-9-19(4,24)20(25)7-6-18(3,29-20)8-13-16(14)12(17(23)28-13)10-26-11(2)21/h8,14,24-25H,5-7,9-10H2,1-4H3/b13-8+/t14-,18-,19+,20+/m0/s1. The Labute approximate surface area is 168 Å². The molecule has 0 radical (unpaired) electrons. The third kappa shape index (κ3) is 3.94. The van der Waals surface area contributed by atoms with E-state index in [4.69, 9.17) is 18.9 Å². The fourth-order valence-electron chi connectivity index (χ4n) is 3.87. The second kappa shape index (κ2) is 7.23. The molecule has 0 unspecified atom stereocenters. The summed E-state index contributed by atoms with van der Waals surface area (Å²) >= 11 is 0. The molecule has 0 aromatic heterocycles. The molecule has 3 rings (SSSR count). The molecule has 0 aliphatic carbocycles. The third-order valence-electron chi connectivity index (χ3n) is 5.57. The average Bonchev–Trinajstić information content (AvgIpc) is 3.09. The molecule has 0 spiro atoms. The molecule has 29 heavy (non-hydrogen) atoms. The molecule has 9 nitrogen and oxygen atoms in total. The van der Waals surface area contributed by atoms with Gasteiger partial charge in [-0.15, -0.1) is 0 Å². The fourth-order valence-corrected chi connectivity index (χ4v) is 3.87. The molecule has 1 fully saturated rings. The molecule has 0 aromatic rings. The second-order valence-corrected chi connectivity index (χ2v) is 8.08. The Morgan fingerprint density at radius 1 is 1.28 bits per heavy atom. The van der Waals surface area contributed by atoms with Crippen LogP contribution in [0.3, 0.4) is 0 Å². The Kier molecular flexibility index (Phi) is 5.35. The summed E-state index contributed by atoms with van der Waals surface area (Å²) in [4.78, 5) is 35.8. The summed E-state index contributed by atoms with van der Waals surface area (Å²) in [7, 11) is 0. The van der Waals surface area contributed by atoms with Crippen LogP contribution in [-0.4, -0.2) is 57.8 Å². The summed E-state index contributed by atoms with van der Waals surface area (Å²) in [6.45, 7) is 5.53. The van der Waals surface area contributed by atoms with Crippen molar-refractivity contribution in [1.29, 1.82) is 0 Å². The van der Waals surface area contributed by atoms with Crippen LogP contribution < -0.4 is 0 Å². The summed E-state index contributed by atoms with van der Waals surface area (Å²) in [6.07, 6.45) is 0.744. The topological polar surface area (TPSA) is 129 Å². The van der Waals surface area contributed by atoms with Crippen molar-refractivity contribution in [1.82, 2.24) is 0 Å². The van der Waals surface area contributed by atoms with Gasteiger partial charge in [0.15, 0.2) is 5.79 Å². The Balaban J connectivity index is 2.16. The summed E-state index contributed by atoms with van der Waals surface area (Å²) < 4.78 is 21.7. The number of esters is 3. The van der Waals surface area contributed by atoms with E-state index in [1.54, 1.807) is 13.8 Å². The van der Waals surface area contributed by atoms with Crippen LogP contribution in [0.1, 0.15) is 53.4 Å². The number of carbonyl (C=O) groups is 3. The van der Waals surface area contributed by atoms with Crippen molar-refractivity contribution in [3.05, 3.63) is 23.0 Å². The predicted octanol–water partition coefficient (Wildman–Crippen LogP) is 1.02. The molecule has 1 saturated heterocycles. The number of hydrogen-bond acceptors (Lipinski definition) is 9. The third-order valence-corrected chi connectivity index (χ3v) is 5.57. The first-order valence-corrected chi connectivity index (χ1v) is 9.56. The lowest BCUT2D eigenvalue weighted by Gasteiger charge is -2.40. The van der Waals surface area contributed by atoms with Gasteiger partial charge in [0, 0.05) is 31.8 Å². The smallest absolute Gasteiger partial charge is 0.343 e. The number of ether oxygens (including phenoxy) is 4. The lowest BCUT2D eigenvalue weighted by molar-refractivity contribution is -0.298. The Hall–Kier alpha value is -2.23. The molecule has 3 aliphatic heterocycles. The zero-order valence-electron chi connectivity index (χ0n) is 16.9. The molecule has 0 aromatic carbocycles. The van der Waals surface area contributed by atoms with Gasteiger partial charge in [-0.2, -0.15) is 0 Å². The average molecular weight is 410 g/mol. The Bertz CT molecular complexity index is 809. The predicted molar refractivity (Wildman–Crippen MR) is 96.9 cm³/mol. The maximum Gasteiger partial charge on any atom is 0.343 e. The molecule has 2 N–H and O–H groups in total. The SMILES string of the molecule is CCC(=O)O[C@H]1C[C@@](C)(O)[C@@]2(O)CC[C@@](C)(/C=C3/OC(=O)C(COC(C)=O)=C31)O2. The van der Waals surface area contributed by atoms with E-state index in [1.165, 1.54) is 19.9 Å². The van der Waals surface area contributed by atoms with Crippen molar-refractivity contribution >= 4 is 17.9 Å². The van der Waals surface area contributed by atoms with Crippen molar-refractivity contribution in [3.8, 4) is 0 Å². The second-order valence-electron chi connectivity index (χ2n) is 8.08. The van der Waals surface area contributed by atoms with Crippen molar-refractivity contribution in [2.75, 3.05) is 6.61 Å². The maximum absolute atomic E-state index is 12.5. The lowest BCUT2D eigenvalue weighted by atomic mass is 9.82. The van der Waals surface area contributed by atoms with Gasteiger partial charge in [-0.05, 0) is 26.3 Å². The van der Waals surface area contributed by atoms with Gasteiger partial charge >= 0.3 is 17.9 Å². The highest BCUT2D eigenvalue weighted by Crippen LogP contribution is 2.49. The molecule has 4 atom stereocenters. The maximum atomic E-state index is 12.5. The number of hydrogen-bond donors (Lipinski definition) is 2. The first-order chi connectivity index (χ1) is 13.4. The molecule has 0 saturated carbocycles. The van der Waals surface area contributed by atoms with Crippen LogP contribution >= 0.6 is 0 Å². The van der Waals surface area contributed by atoms with E-state index in [2.05, 4.69) is 0 Å². The molecule has 9 heteroatoms. The van der Waals surface area contributed by atoms with Crippen LogP contribution in [0.15, 0.2) is 23.0 Å². The molecular weight excluding hydrogens is 384 g/mol. The monoisotopic (exact) mass is 410 g/mol. The van der Waals surface area contributed by atoms with Gasteiger partial charge in [-0.25, -0.2) is 4.79 Å². The minimum atomic E-state index is -1.88. The largest absolute Gasteiger partial charge is 0.461 e. The Morgan fingerprint density at radius 2 is 1.97 bits per heavy atom. The summed E-state index contributed by atoms with van der Waals surface area (Å²) in [5.41, 5.74) is -2.61. The van der Waals surface area contributed by atoms with Crippen LogP contribution in [0.25, 0.3) is 0 Å². The number of fused-ring (bicyclic) bond motifs is 3. The van der Waals surface area contributed by atoms with Gasteiger partial charge in [0.1, 0.15) is 24.1 Å². The van der Waals surface area contributed by atoms with Crippen molar-refractivity contribution in [2.45, 2.75) is 76.5 Å². The van der Waals surface area contributed by atoms with Gasteiger partial charge in [-0.3, -0.25) is 9.59 Å². The molecule has 3 aliphatic rings. The van der Waals surface area contributed by atoms with E-state index < -0.39 is 41.0 Å². The zero-order valence-corrected chi connectivity index (χ0v) is 16.9. The van der Waals surface area contributed by atoms with Crippen LogP contribution in [0.4, 0.5) is 0 Å². The number of aliphatic hydroxyl groups is 2. The van der Waals surface area contributed by atoms with Crippen LogP contribution in [0.2, 0.25) is 0 Å². The van der Waals surface area contributed by atoms with Crippen LogP contribution in [-0.2, 0) is 33.3 Å². The Morgan fingerprint density at radius 3 is 2.59 bits per heavy atom. The van der Waals surface area contributed by atoms with Crippen molar-refractivity contribution in [3.63, 3.8) is 0 Å². The fraction of sp³-hybridized carbons (Fsp3) is 0.650. The summed E-state index contributed by atoms with van der Waals surface area (Å²) in [5, 5.41) is 22.1. The van der Waals surface area contributed by atoms with Gasteiger partial charge in [0.05, 0.1) is 11.2 Å². The van der Waals surface area contributed by atoms with Gasteiger partial charge < -0.3 is 29.2 Å². The van der Waals surface area contributed by atoms with E-state index in [0.29, 0.717) is 6.42 Å². The van der Waals surface area contributed by atoms with E-state index in [0.717, 1.165) is 0 Å². The van der Waals surface area contributed by atoms with Gasteiger partial charge in [0.2, 0.25) is 0 Å². The lowest BCUT2D eigenvalue weighted by Crippen LogP contribution is -2.54. The molecule has 0 amide bonds. The number of carbonyl (C=O) groups excluding carboxylic acids is 3. The minimum absolute atomic E-state index is 0.0181. The highest BCUT2D eigenvalue weighted by molar-refractivity contribution is 5.95. The van der Waals surface area contributed by atoms with Crippen LogP contribution in [0.5, 0.6) is 0 Å². The molecule has 3 heterocycles. The highest BCUT2D eigenvalue weighted by Gasteiger charge is 2.58. The summed E-state index contributed by atoms with van der Waals surface area (Å²) in [6, 6.07) is 0. The minimum Gasteiger partial charge on any atom is -0.461 e. The molecule has 160 valence electrons. The first-order valence-electron chi connectivity index (χ1n) is 9.56. The summed E-state index contributed by atoms with van der Waals surface area (Å²) in [5.74, 6) is -3.66. The highest BCUT2D eigenvalue weighted by atomic mass is 16.7. The van der Waals surface area contributed by atoms with Crippen molar-refractivity contribution < 1.29 is 43.5 Å². The molecule has 2 bridgehead atoms. The van der Waals surface area contributed by atoms with Gasteiger partial charge in [0.25, 0.3) is 0 Å². The van der Waals surface area contributed by atoms with E-state index >= 15 is 0 Å². The zero-order chi connectivity index (χ0) is 21.6. The normalized spacial score (nSPS) is 38.2. The van der Waals surface area contributed by atoms with E-state index in [1.807, 2.05) is 0 Å². The van der Waals surface area contributed by atoms with Crippen LogP contribution in [0, 0.1) is 0 Å². The number of rotatable bonds is 4. The first kappa shape index (κ1) is 21.5. The van der Waals surface area contributed by atoms with Gasteiger partial charge in [-0.1, -0.05) is 6.92 Å². The van der Waals surface area contributed by atoms with E-state index in [-0.39, 0.29) is 42.8 Å². The molecular formula is C20H26O9.